The molecule has 0 unspecified atom stereocenters. The number of fused-ring (bicyclic) bond motifs is 5. The molecule has 0 N–H and O–H groups in total. The normalized spacial score (nSPS) is 12.2. The molecule has 380 valence electrons. The van der Waals surface area contributed by atoms with Crippen molar-refractivity contribution in [1.82, 2.24) is 29.9 Å². The van der Waals surface area contributed by atoms with Gasteiger partial charge < -0.3 is 0 Å². The Morgan fingerprint density at radius 2 is 0.688 bits per heavy atom. The van der Waals surface area contributed by atoms with Gasteiger partial charge in [-0.15, -0.1) is 0 Å². The maximum atomic E-state index is 5.17. The van der Waals surface area contributed by atoms with Crippen LogP contribution in [0.5, 0.6) is 0 Å². The maximum absolute atomic E-state index is 5.17. The number of hydrogen-bond acceptors (Lipinski definition) is 9. The van der Waals surface area contributed by atoms with Crippen molar-refractivity contribution in [3.63, 3.8) is 0 Å². The third-order valence-electron chi connectivity index (χ3n) is 15.4. The number of rotatable bonds is 12. The first kappa shape index (κ1) is 47.8. The van der Waals surface area contributed by atoms with Crippen LogP contribution >= 0.6 is 0 Å². The second kappa shape index (κ2) is 20.1. The Labute approximate surface area is 464 Å². The molecule has 0 aliphatic heterocycles. The first-order chi connectivity index (χ1) is 39.5. The molecule has 9 nitrogen and oxygen atoms in total. The van der Waals surface area contributed by atoms with Crippen LogP contribution in [0, 0.1) is 0 Å². The van der Waals surface area contributed by atoms with Crippen molar-refractivity contribution in [3.8, 4) is 44.5 Å². The van der Waals surface area contributed by atoms with Gasteiger partial charge in [-0.2, -0.15) is 0 Å². The van der Waals surface area contributed by atoms with E-state index in [-0.39, 0.29) is 5.41 Å². The molecule has 80 heavy (non-hydrogen) atoms. The van der Waals surface area contributed by atoms with Gasteiger partial charge in [0.1, 0.15) is 0 Å². The molecular formula is C71H51N9. The smallest absolute Gasteiger partial charge is 0.156 e. The Kier molecular flexibility index (Phi) is 12.0. The molecule has 3 aromatic heterocycles. The minimum absolute atomic E-state index is 0.332. The summed E-state index contributed by atoms with van der Waals surface area (Å²) in [6, 6.07) is 78.1. The van der Waals surface area contributed by atoms with Crippen LogP contribution in [0.15, 0.2) is 274 Å². The minimum atomic E-state index is -0.332. The van der Waals surface area contributed by atoms with E-state index >= 15 is 0 Å². The monoisotopic (exact) mass is 1030 g/mol. The van der Waals surface area contributed by atoms with E-state index < -0.39 is 0 Å². The second-order valence-corrected chi connectivity index (χ2v) is 20.5. The van der Waals surface area contributed by atoms with Crippen molar-refractivity contribution in [3.05, 3.63) is 285 Å². The van der Waals surface area contributed by atoms with Crippen LogP contribution in [0.2, 0.25) is 0 Å². The van der Waals surface area contributed by atoms with E-state index in [4.69, 9.17) is 24.9 Å². The van der Waals surface area contributed by atoms with E-state index in [2.05, 4.69) is 246 Å². The molecule has 9 heteroatoms. The van der Waals surface area contributed by atoms with E-state index in [9.17, 15) is 0 Å². The van der Waals surface area contributed by atoms with Crippen molar-refractivity contribution in [2.75, 3.05) is 14.7 Å². The molecular weight excluding hydrogens is 979 g/mol. The maximum Gasteiger partial charge on any atom is 0.156 e. The van der Waals surface area contributed by atoms with Crippen molar-refractivity contribution in [1.29, 1.82) is 0 Å². The van der Waals surface area contributed by atoms with Gasteiger partial charge in [0, 0.05) is 86.9 Å². The molecule has 3 heterocycles. The number of aromatic nitrogens is 6. The Balaban J connectivity index is 1.15. The fourth-order valence-electron chi connectivity index (χ4n) is 11.7. The van der Waals surface area contributed by atoms with Crippen LogP contribution < -0.4 is 14.7 Å². The quantitative estimate of drug-likeness (QED) is 0.0877. The highest BCUT2D eigenvalue weighted by atomic mass is 15.2. The third-order valence-corrected chi connectivity index (χ3v) is 15.4. The fraction of sp³-hybridized carbons (Fsp3) is 0.0423. The molecule has 10 aromatic carbocycles. The standard InChI is InChI=1S/C71H51N9/c1-71(2)64-30-13-12-29-58(64)60-43-62-63(44-65(60)71)69(79(67-46-73-34-37-76-67)55-27-15-24-52(40-55)49-19-8-4-9-20-49)59-32-31-57(78(66-45-72-33-36-75-66)54-26-14-23-51(39-54)48-17-6-3-7-18-48)42-61(59)70(62)80(68-47-74-35-38-77-68)56-28-16-25-53(41-56)50-21-10-5-11-22-50/h3-47H,1-2H3. The highest BCUT2D eigenvalue weighted by molar-refractivity contribution is 6.25. The van der Waals surface area contributed by atoms with Crippen LogP contribution in [0.25, 0.3) is 66.1 Å². The minimum Gasteiger partial charge on any atom is -0.294 e. The van der Waals surface area contributed by atoms with Gasteiger partial charge in [-0.25, -0.2) is 15.0 Å². The molecule has 1 aliphatic carbocycles. The van der Waals surface area contributed by atoms with Gasteiger partial charge in [-0.3, -0.25) is 29.7 Å². The predicted molar refractivity (Wildman–Crippen MR) is 326 cm³/mol. The van der Waals surface area contributed by atoms with Gasteiger partial charge in [-0.1, -0.05) is 172 Å². The molecule has 14 rings (SSSR count). The molecule has 0 atom stereocenters. The summed E-state index contributed by atoms with van der Waals surface area (Å²) in [5.74, 6) is 1.99. The van der Waals surface area contributed by atoms with Crippen LogP contribution in [-0.2, 0) is 5.41 Å². The zero-order valence-electron chi connectivity index (χ0n) is 44.0. The lowest BCUT2D eigenvalue weighted by Gasteiger charge is -2.33. The lowest BCUT2D eigenvalue weighted by molar-refractivity contribution is 0.661. The van der Waals surface area contributed by atoms with Gasteiger partial charge in [0.05, 0.1) is 30.0 Å². The Morgan fingerprint density at radius 1 is 0.287 bits per heavy atom. The highest BCUT2D eigenvalue weighted by Gasteiger charge is 2.38. The Morgan fingerprint density at radius 3 is 1.18 bits per heavy atom. The summed E-state index contributed by atoms with van der Waals surface area (Å²) in [5, 5.41) is 3.92. The van der Waals surface area contributed by atoms with Gasteiger partial charge in [-0.05, 0) is 116 Å². The lowest BCUT2D eigenvalue weighted by atomic mass is 9.81. The first-order valence-electron chi connectivity index (χ1n) is 26.8. The Bertz CT molecular complexity index is 4390. The predicted octanol–water partition coefficient (Wildman–Crippen LogP) is 18.1. The summed E-state index contributed by atoms with van der Waals surface area (Å²) in [6.07, 6.45) is 16.0. The summed E-state index contributed by atoms with van der Waals surface area (Å²) < 4.78 is 0. The first-order valence-corrected chi connectivity index (χ1v) is 26.8. The van der Waals surface area contributed by atoms with E-state index in [1.54, 1.807) is 37.2 Å². The summed E-state index contributed by atoms with van der Waals surface area (Å²) >= 11 is 0. The van der Waals surface area contributed by atoms with Crippen molar-refractivity contribution < 1.29 is 0 Å². The van der Waals surface area contributed by atoms with Crippen LogP contribution in [0.3, 0.4) is 0 Å². The highest BCUT2D eigenvalue weighted by Crippen LogP contribution is 2.57. The summed E-state index contributed by atoms with van der Waals surface area (Å²) in [5.41, 5.74) is 16.6. The van der Waals surface area contributed by atoms with E-state index in [1.165, 1.54) is 22.3 Å². The average molecular weight is 1030 g/mol. The average Bonchev–Trinajstić information content (AvgIpc) is 3.79. The van der Waals surface area contributed by atoms with E-state index in [0.717, 1.165) is 89.0 Å². The molecule has 0 spiro atoms. The van der Waals surface area contributed by atoms with Gasteiger partial charge >= 0.3 is 0 Å². The third kappa shape index (κ3) is 8.45. The van der Waals surface area contributed by atoms with Crippen molar-refractivity contribution >= 4 is 73.1 Å². The molecule has 0 saturated heterocycles. The van der Waals surface area contributed by atoms with Crippen molar-refractivity contribution in [2.24, 2.45) is 0 Å². The second-order valence-electron chi connectivity index (χ2n) is 20.5. The number of anilines is 9. The largest absolute Gasteiger partial charge is 0.294 e. The van der Waals surface area contributed by atoms with E-state index in [1.807, 2.05) is 24.7 Å². The topological polar surface area (TPSA) is 87.1 Å². The van der Waals surface area contributed by atoms with Crippen molar-refractivity contribution in [2.45, 2.75) is 19.3 Å². The molecule has 0 bridgehead atoms. The molecule has 13 aromatic rings. The van der Waals surface area contributed by atoms with E-state index in [0.29, 0.717) is 17.5 Å². The van der Waals surface area contributed by atoms with Gasteiger partial charge in [0.15, 0.2) is 17.5 Å². The van der Waals surface area contributed by atoms with Crippen LogP contribution in [0.1, 0.15) is 25.0 Å². The number of benzene rings is 10. The lowest BCUT2D eigenvalue weighted by Crippen LogP contribution is -2.18. The van der Waals surface area contributed by atoms with Crippen LogP contribution in [-0.4, -0.2) is 29.9 Å². The summed E-state index contributed by atoms with van der Waals surface area (Å²) in [6.45, 7) is 4.69. The number of hydrogen-bond donors (Lipinski definition) is 0. The summed E-state index contributed by atoms with van der Waals surface area (Å²) in [7, 11) is 0. The van der Waals surface area contributed by atoms with Gasteiger partial charge in [0.2, 0.25) is 0 Å². The number of nitrogens with zero attached hydrogens (tertiary/aromatic N) is 9. The molecule has 1 aliphatic rings. The zero-order valence-corrected chi connectivity index (χ0v) is 44.0. The van der Waals surface area contributed by atoms with Crippen LogP contribution in [0.4, 0.5) is 51.6 Å². The molecule has 0 amide bonds. The fourth-order valence-corrected chi connectivity index (χ4v) is 11.7. The van der Waals surface area contributed by atoms with Gasteiger partial charge in [0.25, 0.3) is 0 Å². The molecule has 0 fully saturated rings. The molecule has 0 radical (unpaired) electrons. The summed E-state index contributed by atoms with van der Waals surface area (Å²) in [4.78, 5) is 36.3. The zero-order chi connectivity index (χ0) is 53.6. The molecule has 0 saturated carbocycles. The SMILES string of the molecule is CC1(C)c2ccccc2-c2cc3c(N(c4cccc(-c5ccccc5)c4)c4cnccn4)c4cc(N(c5cccc(-c6ccccc6)c5)c5cnccn5)ccc4c(N(c4cccc(-c5ccccc5)c4)c4cnccn4)c3cc21. The Hall–Kier alpha value is -10.6.